The average Bonchev–Trinajstić information content (AvgIpc) is 3.24. The van der Waals surface area contributed by atoms with Gasteiger partial charge in [0, 0.05) is 13.0 Å². The third-order valence-electron chi connectivity index (χ3n) is 12.7. The Morgan fingerprint density at radius 3 is 1.05 bits per heavy atom. The van der Waals surface area contributed by atoms with Gasteiger partial charge in [-0.25, -0.2) is 4.57 Å². The Morgan fingerprint density at radius 1 is 0.429 bits per heavy atom. The van der Waals surface area contributed by atoms with Crippen molar-refractivity contribution in [1.82, 2.24) is 0 Å². The van der Waals surface area contributed by atoms with Crippen molar-refractivity contribution >= 4 is 13.8 Å². The zero-order valence-corrected chi connectivity index (χ0v) is 44.0. The van der Waals surface area contributed by atoms with E-state index in [2.05, 4.69) is 13.8 Å². The van der Waals surface area contributed by atoms with Crippen LogP contribution in [0.5, 0.6) is 0 Å². The summed E-state index contributed by atoms with van der Waals surface area (Å²) in [5, 5.41) is 0. The number of phosphoric ester groups is 1. The molecule has 2 unspecified atom stereocenters. The normalized spacial score (nSPS) is 13.4. The van der Waals surface area contributed by atoms with Gasteiger partial charge in [-0.15, -0.1) is 0 Å². The van der Waals surface area contributed by atoms with Crippen molar-refractivity contribution in [3.05, 3.63) is 0 Å². The van der Waals surface area contributed by atoms with Gasteiger partial charge in [-0.05, 0) is 12.8 Å². The average molecular weight is 917 g/mol. The fourth-order valence-electron chi connectivity index (χ4n) is 8.38. The van der Waals surface area contributed by atoms with Crippen LogP contribution < -0.4 is 0 Å². The van der Waals surface area contributed by atoms with E-state index in [0.29, 0.717) is 24.1 Å². The van der Waals surface area contributed by atoms with Gasteiger partial charge in [0.05, 0.1) is 34.4 Å². The Kier molecular flexibility index (Phi) is 47.6. The molecule has 0 aromatic heterocycles. The minimum Gasteiger partial charge on any atom is -0.457 e. The zero-order valence-electron chi connectivity index (χ0n) is 43.1. The molecule has 0 radical (unpaired) electrons. The number of quaternary nitrogens is 1. The first kappa shape index (κ1) is 62.5. The Morgan fingerprint density at radius 2 is 0.730 bits per heavy atom. The van der Waals surface area contributed by atoms with Crippen LogP contribution in [0.3, 0.4) is 0 Å². The van der Waals surface area contributed by atoms with Crippen LogP contribution in [-0.4, -0.2) is 75.6 Å². The summed E-state index contributed by atoms with van der Waals surface area (Å²) in [7, 11) is 1.69. The number of carbonyl (C=O) groups is 1. The van der Waals surface area contributed by atoms with Crippen molar-refractivity contribution in [1.29, 1.82) is 0 Å². The summed E-state index contributed by atoms with van der Waals surface area (Å²) in [5.74, 6) is -0.303. The molecule has 0 aromatic rings. The van der Waals surface area contributed by atoms with Crippen LogP contribution in [0.4, 0.5) is 0 Å². The van der Waals surface area contributed by atoms with Gasteiger partial charge >= 0.3 is 13.8 Å². The molecule has 0 rings (SSSR count). The van der Waals surface area contributed by atoms with Crippen LogP contribution in [-0.2, 0) is 27.9 Å². The van der Waals surface area contributed by atoms with Gasteiger partial charge in [-0.1, -0.05) is 264 Å². The number of phosphoric acid groups is 1. The molecule has 0 heterocycles. The minimum absolute atomic E-state index is 0.0944. The number of esters is 1. The third-order valence-corrected chi connectivity index (χ3v) is 13.7. The summed E-state index contributed by atoms with van der Waals surface area (Å²) in [4.78, 5) is 23.0. The predicted molar refractivity (Wildman–Crippen MR) is 271 cm³/mol. The van der Waals surface area contributed by atoms with Gasteiger partial charge in [0.25, 0.3) is 0 Å². The predicted octanol–water partition coefficient (Wildman–Crippen LogP) is 17.2. The van der Waals surface area contributed by atoms with Gasteiger partial charge in [0.15, 0.2) is 0 Å². The fourth-order valence-corrected chi connectivity index (χ4v) is 9.12. The topological polar surface area (TPSA) is 91.3 Å². The molecule has 0 fully saturated rings. The van der Waals surface area contributed by atoms with E-state index < -0.39 is 13.9 Å². The van der Waals surface area contributed by atoms with Crippen LogP contribution in [0.15, 0.2) is 0 Å². The second kappa shape index (κ2) is 48.0. The highest BCUT2D eigenvalue weighted by Gasteiger charge is 2.26. The Labute approximate surface area is 393 Å². The summed E-state index contributed by atoms with van der Waals surface area (Å²) in [6, 6.07) is 0. The fraction of sp³-hybridized carbons (Fsp3) is 0.981. The zero-order chi connectivity index (χ0) is 46.2. The SMILES string of the molecule is CCCCCCCCCCCCCCCCCCCCCCCCC(=O)OC(COCCCCCCCCCCCCCCCCCCCCC)COP(=O)(O)OCC[N+](C)(C)C. The van der Waals surface area contributed by atoms with Gasteiger partial charge in [-0.3, -0.25) is 13.8 Å². The van der Waals surface area contributed by atoms with Gasteiger partial charge in [-0.2, -0.15) is 0 Å². The molecule has 0 bridgehead atoms. The second-order valence-corrected chi connectivity index (χ2v) is 21.8. The van der Waals surface area contributed by atoms with Gasteiger partial charge in [0.2, 0.25) is 0 Å². The summed E-state index contributed by atoms with van der Waals surface area (Å²) >= 11 is 0. The highest BCUT2D eigenvalue weighted by atomic mass is 31.2. The van der Waals surface area contributed by atoms with Crippen molar-refractivity contribution in [3.63, 3.8) is 0 Å². The van der Waals surface area contributed by atoms with Crippen LogP contribution in [0.1, 0.15) is 284 Å². The van der Waals surface area contributed by atoms with Crippen molar-refractivity contribution in [2.45, 2.75) is 290 Å². The molecule has 8 nitrogen and oxygen atoms in total. The lowest BCUT2D eigenvalue weighted by Gasteiger charge is -2.24. The number of likely N-dealkylation sites (N-methyl/N-ethyl adjacent to an activating group) is 1. The van der Waals surface area contributed by atoms with Crippen molar-refractivity contribution in [2.24, 2.45) is 0 Å². The standard InChI is InChI=1S/C54H110NO7P/c1-6-8-10-12-14-16-18-20-22-24-26-27-28-29-31-33-35-37-39-41-43-45-47-54(56)62-53(52-61-63(57,58)60-50-48-55(3,4)5)51-59-49-46-44-42-40-38-36-34-32-30-25-23-21-19-17-15-13-11-9-7-2/h53H,6-52H2,1-5H3/p+1. The van der Waals surface area contributed by atoms with Crippen LogP contribution in [0, 0.1) is 0 Å². The number of unbranched alkanes of at least 4 members (excludes halogenated alkanes) is 39. The maximum atomic E-state index is 12.8. The number of carbonyl (C=O) groups excluding carboxylic acids is 1. The van der Waals surface area contributed by atoms with Crippen LogP contribution >= 0.6 is 7.82 Å². The molecule has 0 saturated carbocycles. The maximum absolute atomic E-state index is 12.8. The maximum Gasteiger partial charge on any atom is 0.472 e. The van der Waals surface area contributed by atoms with E-state index in [1.807, 2.05) is 21.1 Å². The van der Waals surface area contributed by atoms with E-state index in [1.54, 1.807) is 0 Å². The molecule has 9 heteroatoms. The van der Waals surface area contributed by atoms with E-state index >= 15 is 0 Å². The highest BCUT2D eigenvalue weighted by Crippen LogP contribution is 2.43. The monoisotopic (exact) mass is 917 g/mol. The molecule has 0 aliphatic heterocycles. The summed E-state index contributed by atoms with van der Waals surface area (Å²) in [5.41, 5.74) is 0. The smallest absolute Gasteiger partial charge is 0.457 e. The number of hydrogen-bond donors (Lipinski definition) is 1. The summed E-state index contributed by atoms with van der Waals surface area (Å²) in [6.45, 7) is 5.72. The molecule has 0 spiro atoms. The molecular weight excluding hydrogens is 806 g/mol. The van der Waals surface area contributed by atoms with E-state index in [-0.39, 0.29) is 25.8 Å². The summed E-state index contributed by atoms with van der Waals surface area (Å²) < 4.78 is 35.2. The largest absolute Gasteiger partial charge is 0.472 e. The molecule has 0 saturated heterocycles. The van der Waals surface area contributed by atoms with Crippen molar-refractivity contribution < 1.29 is 37.3 Å². The highest BCUT2D eigenvalue weighted by molar-refractivity contribution is 7.47. The first-order valence-electron chi connectivity index (χ1n) is 27.8. The number of nitrogens with zero attached hydrogens (tertiary/aromatic N) is 1. The van der Waals surface area contributed by atoms with Crippen LogP contribution in [0.2, 0.25) is 0 Å². The first-order chi connectivity index (χ1) is 30.6. The Hall–Kier alpha value is -0.500. The van der Waals surface area contributed by atoms with E-state index in [9.17, 15) is 14.3 Å². The van der Waals surface area contributed by atoms with Crippen molar-refractivity contribution in [3.8, 4) is 0 Å². The molecule has 378 valence electrons. The van der Waals surface area contributed by atoms with Crippen LogP contribution in [0.25, 0.3) is 0 Å². The number of rotatable bonds is 53. The van der Waals surface area contributed by atoms with Crippen molar-refractivity contribution in [2.75, 3.05) is 54.1 Å². The lowest BCUT2D eigenvalue weighted by atomic mass is 10.0. The van der Waals surface area contributed by atoms with Gasteiger partial charge in [0.1, 0.15) is 19.3 Å². The molecule has 63 heavy (non-hydrogen) atoms. The quantitative estimate of drug-likeness (QED) is 0.0281. The molecule has 0 amide bonds. The van der Waals surface area contributed by atoms with E-state index in [4.69, 9.17) is 18.5 Å². The molecule has 2 atom stereocenters. The molecular formula is C54H111NO7P+. The van der Waals surface area contributed by atoms with E-state index in [0.717, 1.165) is 32.1 Å². The number of hydrogen-bond acceptors (Lipinski definition) is 6. The third kappa shape index (κ3) is 52.3. The molecule has 0 aromatic carbocycles. The lowest BCUT2D eigenvalue weighted by molar-refractivity contribution is -0.870. The Balaban J connectivity index is 4.03. The van der Waals surface area contributed by atoms with E-state index in [1.165, 1.54) is 231 Å². The molecule has 0 aliphatic carbocycles. The summed E-state index contributed by atoms with van der Waals surface area (Å²) in [6.07, 6.45) is 54.4. The second-order valence-electron chi connectivity index (χ2n) is 20.3. The first-order valence-corrected chi connectivity index (χ1v) is 29.3. The Bertz CT molecular complexity index is 976. The molecule has 1 N–H and O–H groups in total. The lowest BCUT2D eigenvalue weighted by Crippen LogP contribution is -2.37. The number of ether oxygens (including phenoxy) is 2. The molecule has 0 aliphatic rings. The minimum atomic E-state index is -4.27. The van der Waals surface area contributed by atoms with Gasteiger partial charge < -0.3 is 18.9 Å².